The lowest BCUT2D eigenvalue weighted by Gasteiger charge is -2.09. The highest BCUT2D eigenvalue weighted by Crippen LogP contribution is 2.14. The van der Waals surface area contributed by atoms with Crippen molar-refractivity contribution < 1.29 is 9.59 Å². The van der Waals surface area contributed by atoms with Crippen molar-refractivity contribution >= 4 is 23.2 Å². The second-order valence-corrected chi connectivity index (χ2v) is 5.17. The van der Waals surface area contributed by atoms with E-state index in [1.165, 1.54) is 6.92 Å². The molecule has 0 aliphatic rings. The molecule has 110 valence electrons. The third kappa shape index (κ3) is 6.89. The van der Waals surface area contributed by atoms with E-state index in [0.717, 1.165) is 13.0 Å². The highest BCUT2D eigenvalue weighted by atomic mass is 16.2. The molecule has 1 rings (SSSR count). The topological polar surface area (TPSA) is 70.2 Å². The van der Waals surface area contributed by atoms with Gasteiger partial charge in [0.1, 0.15) is 0 Å². The molecule has 0 heterocycles. The number of nitrogens with one attached hydrogen (secondary N) is 3. The summed E-state index contributed by atoms with van der Waals surface area (Å²) in [4.78, 5) is 22.7. The Labute approximate surface area is 120 Å². The van der Waals surface area contributed by atoms with Gasteiger partial charge in [0.25, 0.3) is 0 Å². The van der Waals surface area contributed by atoms with Gasteiger partial charge in [0.05, 0.1) is 6.54 Å². The van der Waals surface area contributed by atoms with Crippen LogP contribution in [-0.2, 0) is 9.59 Å². The average Bonchev–Trinajstić information content (AvgIpc) is 2.34. The zero-order valence-electron chi connectivity index (χ0n) is 12.3. The molecular weight excluding hydrogens is 254 g/mol. The Morgan fingerprint density at radius 3 is 2.40 bits per heavy atom. The molecule has 2 amide bonds. The van der Waals surface area contributed by atoms with Gasteiger partial charge >= 0.3 is 0 Å². The molecule has 0 fully saturated rings. The van der Waals surface area contributed by atoms with Crippen LogP contribution in [0.4, 0.5) is 11.4 Å². The Morgan fingerprint density at radius 1 is 1.15 bits per heavy atom. The molecule has 0 aliphatic carbocycles. The summed E-state index contributed by atoms with van der Waals surface area (Å²) in [5.41, 5.74) is 1.34. The van der Waals surface area contributed by atoms with Crippen molar-refractivity contribution in [2.45, 2.75) is 27.2 Å². The maximum absolute atomic E-state index is 11.7. The van der Waals surface area contributed by atoms with Crippen LogP contribution in [0.3, 0.4) is 0 Å². The second-order valence-electron chi connectivity index (χ2n) is 5.17. The minimum atomic E-state index is -0.135. The van der Waals surface area contributed by atoms with Gasteiger partial charge in [-0.1, -0.05) is 19.9 Å². The van der Waals surface area contributed by atoms with Crippen molar-refractivity contribution in [3.63, 3.8) is 0 Å². The number of rotatable bonds is 7. The first kappa shape index (κ1) is 16.2. The molecule has 0 aliphatic heterocycles. The second kappa shape index (κ2) is 8.32. The Hall–Kier alpha value is -1.88. The Balaban J connectivity index is 2.39. The molecule has 0 unspecified atom stereocenters. The predicted octanol–water partition coefficient (Wildman–Crippen LogP) is 2.22. The molecular formula is C15H23N3O2. The number of benzene rings is 1. The first-order valence-electron chi connectivity index (χ1n) is 6.85. The van der Waals surface area contributed by atoms with Crippen LogP contribution >= 0.6 is 0 Å². The molecule has 5 heteroatoms. The van der Waals surface area contributed by atoms with Crippen LogP contribution in [0.15, 0.2) is 24.3 Å². The highest BCUT2D eigenvalue weighted by Gasteiger charge is 2.03. The van der Waals surface area contributed by atoms with Gasteiger partial charge in [0, 0.05) is 18.3 Å². The molecule has 20 heavy (non-hydrogen) atoms. The number of carbonyl (C=O) groups is 2. The molecule has 5 nitrogen and oxygen atoms in total. The number of amides is 2. The number of anilines is 2. The van der Waals surface area contributed by atoms with Crippen molar-refractivity contribution in [3.05, 3.63) is 24.3 Å². The van der Waals surface area contributed by atoms with E-state index in [9.17, 15) is 9.59 Å². The Kier molecular flexibility index (Phi) is 6.73. The number of hydrogen-bond acceptors (Lipinski definition) is 3. The normalized spacial score (nSPS) is 10.4. The van der Waals surface area contributed by atoms with Crippen LogP contribution in [0, 0.1) is 5.92 Å². The molecule has 1 aromatic carbocycles. The molecule has 0 atom stereocenters. The standard InChI is InChI=1S/C15H23N3O2/c1-11(2)7-8-16-10-15(20)18-14-6-4-5-13(9-14)17-12(3)19/h4-6,9,11,16H,7-8,10H2,1-3H3,(H,17,19)(H,18,20). The lowest BCUT2D eigenvalue weighted by molar-refractivity contribution is -0.115. The number of carbonyl (C=O) groups excluding carboxylic acids is 2. The summed E-state index contributed by atoms with van der Waals surface area (Å²) < 4.78 is 0. The summed E-state index contributed by atoms with van der Waals surface area (Å²) in [6.45, 7) is 6.86. The fourth-order valence-electron chi connectivity index (χ4n) is 1.68. The molecule has 0 saturated carbocycles. The van der Waals surface area contributed by atoms with Gasteiger partial charge in [0.15, 0.2) is 0 Å². The summed E-state index contributed by atoms with van der Waals surface area (Å²) in [6.07, 6.45) is 1.05. The summed E-state index contributed by atoms with van der Waals surface area (Å²) in [6, 6.07) is 7.08. The molecule has 0 saturated heterocycles. The van der Waals surface area contributed by atoms with Crippen LogP contribution in [0.25, 0.3) is 0 Å². The lowest BCUT2D eigenvalue weighted by Crippen LogP contribution is -2.29. The van der Waals surface area contributed by atoms with E-state index in [4.69, 9.17) is 0 Å². The SMILES string of the molecule is CC(=O)Nc1cccc(NC(=O)CNCCC(C)C)c1. The van der Waals surface area contributed by atoms with E-state index in [2.05, 4.69) is 29.8 Å². The maximum atomic E-state index is 11.7. The largest absolute Gasteiger partial charge is 0.326 e. The average molecular weight is 277 g/mol. The molecule has 0 aromatic heterocycles. The lowest BCUT2D eigenvalue weighted by atomic mass is 10.1. The fourth-order valence-corrected chi connectivity index (χ4v) is 1.68. The van der Waals surface area contributed by atoms with E-state index in [0.29, 0.717) is 17.3 Å². The molecule has 0 spiro atoms. The fraction of sp³-hybridized carbons (Fsp3) is 0.467. The van der Waals surface area contributed by atoms with Crippen LogP contribution in [0.1, 0.15) is 27.2 Å². The summed E-state index contributed by atoms with van der Waals surface area (Å²) in [5.74, 6) is 0.400. The van der Waals surface area contributed by atoms with Gasteiger partial charge in [-0.2, -0.15) is 0 Å². The monoisotopic (exact) mass is 277 g/mol. The van der Waals surface area contributed by atoms with E-state index < -0.39 is 0 Å². The first-order valence-corrected chi connectivity index (χ1v) is 6.85. The minimum Gasteiger partial charge on any atom is -0.326 e. The minimum absolute atomic E-state index is 0.0891. The van der Waals surface area contributed by atoms with Gasteiger partial charge in [-0.3, -0.25) is 9.59 Å². The Morgan fingerprint density at radius 2 is 1.80 bits per heavy atom. The quantitative estimate of drug-likeness (QED) is 0.669. The first-order chi connectivity index (χ1) is 9.47. The summed E-state index contributed by atoms with van der Waals surface area (Å²) >= 11 is 0. The molecule has 3 N–H and O–H groups in total. The summed E-state index contributed by atoms with van der Waals surface area (Å²) in [7, 11) is 0. The van der Waals surface area contributed by atoms with Crippen molar-refractivity contribution in [2.24, 2.45) is 5.92 Å². The van der Waals surface area contributed by atoms with Crippen molar-refractivity contribution in [2.75, 3.05) is 23.7 Å². The number of hydrogen-bond donors (Lipinski definition) is 3. The maximum Gasteiger partial charge on any atom is 0.238 e. The van der Waals surface area contributed by atoms with Crippen LogP contribution in [0.5, 0.6) is 0 Å². The van der Waals surface area contributed by atoms with E-state index >= 15 is 0 Å². The van der Waals surface area contributed by atoms with Crippen LogP contribution < -0.4 is 16.0 Å². The van der Waals surface area contributed by atoms with Crippen molar-refractivity contribution in [1.82, 2.24) is 5.32 Å². The zero-order chi connectivity index (χ0) is 15.0. The van der Waals surface area contributed by atoms with E-state index in [1.54, 1.807) is 24.3 Å². The third-order valence-corrected chi connectivity index (χ3v) is 2.65. The van der Waals surface area contributed by atoms with Gasteiger partial charge in [-0.25, -0.2) is 0 Å². The van der Waals surface area contributed by atoms with Gasteiger partial charge in [0.2, 0.25) is 11.8 Å². The predicted molar refractivity (Wildman–Crippen MR) is 81.7 cm³/mol. The van der Waals surface area contributed by atoms with E-state index in [-0.39, 0.29) is 18.4 Å². The summed E-state index contributed by atoms with van der Waals surface area (Å²) in [5, 5.41) is 8.57. The highest BCUT2D eigenvalue weighted by molar-refractivity contribution is 5.94. The van der Waals surface area contributed by atoms with Gasteiger partial charge in [-0.15, -0.1) is 0 Å². The molecule has 0 bridgehead atoms. The van der Waals surface area contributed by atoms with Crippen molar-refractivity contribution in [1.29, 1.82) is 0 Å². The third-order valence-electron chi connectivity index (χ3n) is 2.65. The molecule has 0 radical (unpaired) electrons. The Bertz CT molecular complexity index is 458. The zero-order valence-corrected chi connectivity index (χ0v) is 12.3. The molecule has 1 aromatic rings. The van der Waals surface area contributed by atoms with Gasteiger partial charge in [-0.05, 0) is 37.1 Å². The van der Waals surface area contributed by atoms with E-state index in [1.807, 2.05) is 0 Å². The van der Waals surface area contributed by atoms with Crippen LogP contribution in [-0.4, -0.2) is 24.9 Å². The van der Waals surface area contributed by atoms with Crippen molar-refractivity contribution in [3.8, 4) is 0 Å². The van der Waals surface area contributed by atoms with Gasteiger partial charge < -0.3 is 16.0 Å². The smallest absolute Gasteiger partial charge is 0.238 e. The van der Waals surface area contributed by atoms with Crippen LogP contribution in [0.2, 0.25) is 0 Å².